The van der Waals surface area contributed by atoms with Crippen LogP contribution in [0.1, 0.15) is 45.4 Å². The minimum atomic E-state index is -0.788. The van der Waals surface area contributed by atoms with Crippen molar-refractivity contribution in [2.75, 3.05) is 13.1 Å². The minimum Gasteiger partial charge on any atom is -0.481 e. The van der Waals surface area contributed by atoms with Crippen LogP contribution in [-0.4, -0.2) is 30.2 Å². The number of urea groups is 1. The summed E-state index contributed by atoms with van der Waals surface area (Å²) in [6.07, 6.45) is 5.89. The first-order valence-electron chi connectivity index (χ1n) is 7.27. The van der Waals surface area contributed by atoms with E-state index in [1.54, 1.807) is 0 Å². The van der Waals surface area contributed by atoms with Gasteiger partial charge in [-0.3, -0.25) is 4.79 Å². The van der Waals surface area contributed by atoms with E-state index in [-0.39, 0.29) is 12.6 Å². The van der Waals surface area contributed by atoms with Crippen LogP contribution < -0.4 is 10.6 Å². The normalized spacial score (nSPS) is 28.5. The Bertz CT molecular complexity index is 353. The van der Waals surface area contributed by atoms with Crippen molar-refractivity contribution in [3.63, 3.8) is 0 Å². The van der Waals surface area contributed by atoms with Crippen molar-refractivity contribution >= 4 is 12.0 Å². The molecule has 2 rings (SSSR count). The second-order valence-corrected chi connectivity index (χ2v) is 6.29. The number of hydrogen-bond acceptors (Lipinski definition) is 2. The highest BCUT2D eigenvalue weighted by Gasteiger charge is 2.44. The summed E-state index contributed by atoms with van der Waals surface area (Å²) in [5.74, 6) is 0.557. The quantitative estimate of drug-likeness (QED) is 0.713. The standard InChI is InChI=1S/C14H24N2O3/c1-10-3-4-11(7-10)8-15-13(19)16-9-14(12(17)18)5-2-6-14/h10-11H,2-9H2,1H3,(H,17,18)(H2,15,16,19). The number of carboxylic acid groups (broad SMARTS) is 1. The maximum Gasteiger partial charge on any atom is 0.314 e. The van der Waals surface area contributed by atoms with E-state index in [9.17, 15) is 9.59 Å². The predicted molar refractivity (Wildman–Crippen MR) is 71.8 cm³/mol. The van der Waals surface area contributed by atoms with Gasteiger partial charge >= 0.3 is 12.0 Å². The molecule has 5 heteroatoms. The fourth-order valence-corrected chi connectivity index (χ4v) is 3.13. The third-order valence-corrected chi connectivity index (χ3v) is 4.71. The molecule has 2 aliphatic carbocycles. The Kier molecular flexibility index (Phi) is 4.32. The molecule has 19 heavy (non-hydrogen) atoms. The Morgan fingerprint density at radius 1 is 1.26 bits per heavy atom. The summed E-state index contributed by atoms with van der Waals surface area (Å²) < 4.78 is 0. The number of nitrogens with one attached hydrogen (secondary N) is 2. The molecule has 3 N–H and O–H groups in total. The van der Waals surface area contributed by atoms with Crippen LogP contribution in [0.15, 0.2) is 0 Å². The largest absolute Gasteiger partial charge is 0.481 e. The summed E-state index contributed by atoms with van der Waals surface area (Å²) in [4.78, 5) is 22.8. The highest BCUT2D eigenvalue weighted by atomic mass is 16.4. The lowest BCUT2D eigenvalue weighted by Gasteiger charge is -2.37. The highest BCUT2D eigenvalue weighted by Crippen LogP contribution is 2.40. The van der Waals surface area contributed by atoms with E-state index < -0.39 is 11.4 Å². The van der Waals surface area contributed by atoms with E-state index in [2.05, 4.69) is 17.6 Å². The predicted octanol–water partition coefficient (Wildman–Crippen LogP) is 1.98. The molecule has 0 aromatic rings. The van der Waals surface area contributed by atoms with Crippen LogP contribution in [0.3, 0.4) is 0 Å². The SMILES string of the molecule is CC1CCC(CNC(=O)NCC2(C(=O)O)CCC2)C1. The fraction of sp³-hybridized carbons (Fsp3) is 0.857. The number of carbonyl (C=O) groups excluding carboxylic acids is 1. The van der Waals surface area contributed by atoms with Crippen molar-refractivity contribution in [1.82, 2.24) is 10.6 Å². The third kappa shape index (κ3) is 3.39. The lowest BCUT2D eigenvalue weighted by atomic mass is 9.69. The molecule has 0 heterocycles. The molecular weight excluding hydrogens is 244 g/mol. The lowest BCUT2D eigenvalue weighted by Crippen LogP contribution is -2.50. The average molecular weight is 268 g/mol. The van der Waals surface area contributed by atoms with Gasteiger partial charge in [0, 0.05) is 13.1 Å². The van der Waals surface area contributed by atoms with Crippen molar-refractivity contribution in [2.24, 2.45) is 17.3 Å². The van der Waals surface area contributed by atoms with E-state index in [1.807, 2.05) is 0 Å². The molecule has 5 nitrogen and oxygen atoms in total. The first-order chi connectivity index (χ1) is 9.02. The summed E-state index contributed by atoms with van der Waals surface area (Å²) >= 11 is 0. The molecule has 2 saturated carbocycles. The lowest BCUT2D eigenvalue weighted by molar-refractivity contribution is -0.153. The number of rotatable bonds is 5. The zero-order valence-corrected chi connectivity index (χ0v) is 11.6. The molecule has 0 saturated heterocycles. The average Bonchev–Trinajstić information content (AvgIpc) is 2.70. The van der Waals surface area contributed by atoms with Crippen LogP contribution in [-0.2, 0) is 4.79 Å². The van der Waals surface area contributed by atoms with Crippen molar-refractivity contribution in [1.29, 1.82) is 0 Å². The molecular formula is C14H24N2O3. The molecule has 0 radical (unpaired) electrons. The van der Waals surface area contributed by atoms with E-state index >= 15 is 0 Å². The van der Waals surface area contributed by atoms with Gasteiger partial charge in [-0.15, -0.1) is 0 Å². The van der Waals surface area contributed by atoms with Gasteiger partial charge in [-0.25, -0.2) is 4.79 Å². The number of hydrogen-bond donors (Lipinski definition) is 3. The van der Waals surface area contributed by atoms with Crippen LogP contribution >= 0.6 is 0 Å². The van der Waals surface area contributed by atoms with Gasteiger partial charge in [-0.05, 0) is 37.5 Å². The molecule has 2 amide bonds. The smallest absolute Gasteiger partial charge is 0.314 e. The van der Waals surface area contributed by atoms with Crippen molar-refractivity contribution in [3.8, 4) is 0 Å². The Balaban J connectivity index is 1.66. The van der Waals surface area contributed by atoms with Crippen LogP contribution in [0, 0.1) is 17.3 Å². The van der Waals surface area contributed by atoms with Crippen molar-refractivity contribution in [3.05, 3.63) is 0 Å². The van der Waals surface area contributed by atoms with Crippen LogP contribution in [0.2, 0.25) is 0 Å². The maximum absolute atomic E-state index is 11.7. The molecule has 0 aliphatic heterocycles. The number of carbonyl (C=O) groups is 2. The molecule has 2 atom stereocenters. The van der Waals surface area contributed by atoms with Gasteiger partial charge in [0.15, 0.2) is 0 Å². The summed E-state index contributed by atoms with van der Waals surface area (Å²) in [5, 5.41) is 14.7. The minimum absolute atomic E-state index is 0.230. The summed E-state index contributed by atoms with van der Waals surface area (Å²) in [7, 11) is 0. The Morgan fingerprint density at radius 2 is 2.00 bits per heavy atom. The van der Waals surface area contributed by atoms with E-state index in [1.165, 1.54) is 19.3 Å². The van der Waals surface area contributed by atoms with Gasteiger partial charge in [0.1, 0.15) is 0 Å². The molecule has 0 bridgehead atoms. The van der Waals surface area contributed by atoms with E-state index in [0.29, 0.717) is 25.3 Å². The topological polar surface area (TPSA) is 78.4 Å². The Morgan fingerprint density at radius 3 is 2.47 bits per heavy atom. The van der Waals surface area contributed by atoms with Gasteiger partial charge in [0.05, 0.1) is 5.41 Å². The number of aliphatic carboxylic acids is 1. The van der Waals surface area contributed by atoms with Gasteiger partial charge in [0.25, 0.3) is 0 Å². The van der Waals surface area contributed by atoms with Crippen molar-refractivity contribution < 1.29 is 14.7 Å². The maximum atomic E-state index is 11.7. The molecule has 0 aromatic heterocycles. The third-order valence-electron chi connectivity index (χ3n) is 4.71. The second-order valence-electron chi connectivity index (χ2n) is 6.29. The molecule has 2 aliphatic rings. The fourth-order valence-electron chi connectivity index (χ4n) is 3.13. The van der Waals surface area contributed by atoms with Crippen LogP contribution in [0.5, 0.6) is 0 Å². The zero-order chi connectivity index (χ0) is 13.9. The number of amides is 2. The van der Waals surface area contributed by atoms with Crippen molar-refractivity contribution in [2.45, 2.75) is 45.4 Å². The van der Waals surface area contributed by atoms with E-state index in [4.69, 9.17) is 5.11 Å². The molecule has 108 valence electrons. The van der Waals surface area contributed by atoms with Gasteiger partial charge in [0.2, 0.25) is 0 Å². The molecule has 2 fully saturated rings. The summed E-state index contributed by atoms with van der Waals surface area (Å²) in [6.45, 7) is 3.19. The Hall–Kier alpha value is -1.26. The van der Waals surface area contributed by atoms with Gasteiger partial charge < -0.3 is 15.7 Å². The van der Waals surface area contributed by atoms with Crippen LogP contribution in [0.25, 0.3) is 0 Å². The van der Waals surface area contributed by atoms with E-state index in [0.717, 1.165) is 12.3 Å². The Labute approximate surface area is 114 Å². The molecule has 2 unspecified atom stereocenters. The van der Waals surface area contributed by atoms with Gasteiger partial charge in [-0.1, -0.05) is 19.8 Å². The monoisotopic (exact) mass is 268 g/mol. The summed E-state index contributed by atoms with van der Waals surface area (Å²) in [6, 6.07) is -0.230. The summed E-state index contributed by atoms with van der Waals surface area (Å²) in [5.41, 5.74) is -0.709. The zero-order valence-electron chi connectivity index (χ0n) is 11.6. The molecule has 0 spiro atoms. The molecule has 0 aromatic carbocycles. The van der Waals surface area contributed by atoms with Crippen LogP contribution in [0.4, 0.5) is 4.79 Å². The first kappa shape index (κ1) is 14.2. The highest BCUT2D eigenvalue weighted by molar-refractivity contribution is 5.78. The first-order valence-corrected chi connectivity index (χ1v) is 7.27. The number of carboxylic acids is 1. The van der Waals surface area contributed by atoms with Gasteiger partial charge in [-0.2, -0.15) is 0 Å². The second kappa shape index (κ2) is 5.80.